The molecule has 2 rings (SSSR count). The van der Waals surface area contributed by atoms with E-state index in [0.717, 1.165) is 12.1 Å². The highest BCUT2D eigenvalue weighted by atomic mass is 16.6. The molecule has 2 heterocycles. The summed E-state index contributed by atoms with van der Waals surface area (Å²) in [5.74, 6) is -0.483. The lowest BCUT2D eigenvalue weighted by Crippen LogP contribution is -2.27. The number of hydrogen-bond donors (Lipinski definition) is 0. The van der Waals surface area contributed by atoms with E-state index in [0.29, 0.717) is 13.1 Å². The molecular weight excluding hydrogens is 288 g/mol. The van der Waals surface area contributed by atoms with Gasteiger partial charge in [-0.25, -0.2) is 0 Å². The van der Waals surface area contributed by atoms with Crippen LogP contribution in [0.2, 0.25) is 0 Å². The first-order valence-electron chi connectivity index (χ1n) is 6.94. The molecule has 2 aromatic rings. The molecule has 0 atom stereocenters. The summed E-state index contributed by atoms with van der Waals surface area (Å²) in [6.07, 6.45) is 4.78. The van der Waals surface area contributed by atoms with Gasteiger partial charge in [-0.2, -0.15) is 10.2 Å². The smallest absolute Gasteiger partial charge is 0.320 e. The van der Waals surface area contributed by atoms with E-state index >= 15 is 0 Å². The Hall–Kier alpha value is -2.71. The second-order valence-corrected chi connectivity index (χ2v) is 4.84. The molecule has 9 heteroatoms. The van der Waals surface area contributed by atoms with Gasteiger partial charge in [0.15, 0.2) is 0 Å². The van der Waals surface area contributed by atoms with Crippen LogP contribution in [0.3, 0.4) is 0 Å². The van der Waals surface area contributed by atoms with E-state index in [4.69, 9.17) is 0 Å². The topological polar surface area (TPSA) is 99.1 Å². The quantitative estimate of drug-likeness (QED) is 0.591. The van der Waals surface area contributed by atoms with Crippen LogP contribution in [0.4, 0.5) is 5.69 Å². The van der Waals surface area contributed by atoms with Gasteiger partial charge in [0.25, 0.3) is 5.91 Å². The lowest BCUT2D eigenvalue weighted by atomic mass is 10.3. The van der Waals surface area contributed by atoms with Crippen molar-refractivity contribution in [3.63, 3.8) is 0 Å². The number of aromatic nitrogens is 4. The van der Waals surface area contributed by atoms with Crippen molar-refractivity contribution in [1.29, 1.82) is 0 Å². The second kappa shape index (κ2) is 6.37. The molecule has 0 saturated carbocycles. The highest BCUT2D eigenvalue weighted by molar-refractivity contribution is 5.95. The molecule has 0 fully saturated rings. The van der Waals surface area contributed by atoms with Crippen molar-refractivity contribution in [2.45, 2.75) is 33.5 Å². The number of nitrogens with zero attached hydrogens (tertiary/aromatic N) is 6. The zero-order valence-electron chi connectivity index (χ0n) is 12.8. The van der Waals surface area contributed by atoms with E-state index in [2.05, 4.69) is 10.2 Å². The van der Waals surface area contributed by atoms with Crippen LogP contribution in [-0.2, 0) is 19.6 Å². The normalized spacial score (nSPS) is 10.7. The molecule has 22 heavy (non-hydrogen) atoms. The molecule has 0 aliphatic heterocycles. The van der Waals surface area contributed by atoms with Gasteiger partial charge in [-0.1, -0.05) is 0 Å². The molecule has 118 valence electrons. The third-order valence-corrected chi connectivity index (χ3v) is 3.24. The molecular formula is C13H18N6O3. The molecule has 2 aromatic heterocycles. The van der Waals surface area contributed by atoms with Gasteiger partial charge in [0, 0.05) is 38.4 Å². The van der Waals surface area contributed by atoms with Crippen LogP contribution in [0.5, 0.6) is 0 Å². The lowest BCUT2D eigenvalue weighted by molar-refractivity contribution is -0.385. The highest BCUT2D eigenvalue weighted by Crippen LogP contribution is 2.19. The van der Waals surface area contributed by atoms with Crippen molar-refractivity contribution < 1.29 is 9.72 Å². The van der Waals surface area contributed by atoms with E-state index in [1.54, 1.807) is 24.9 Å². The Labute approximate surface area is 127 Å². The summed E-state index contributed by atoms with van der Waals surface area (Å²) >= 11 is 0. The maximum Gasteiger partial charge on any atom is 0.320 e. The van der Waals surface area contributed by atoms with Crippen molar-refractivity contribution in [1.82, 2.24) is 24.5 Å². The molecule has 0 aliphatic carbocycles. The van der Waals surface area contributed by atoms with E-state index in [1.165, 1.54) is 15.8 Å². The van der Waals surface area contributed by atoms with Crippen molar-refractivity contribution in [2.24, 2.45) is 0 Å². The van der Waals surface area contributed by atoms with E-state index in [-0.39, 0.29) is 11.4 Å². The number of aryl methyl sites for hydroxylation is 2. The minimum absolute atomic E-state index is 0.141. The predicted octanol–water partition coefficient (Wildman–Crippen LogP) is 1.30. The van der Waals surface area contributed by atoms with Crippen LogP contribution in [0.15, 0.2) is 18.6 Å². The fourth-order valence-electron chi connectivity index (χ4n) is 2.05. The van der Waals surface area contributed by atoms with Gasteiger partial charge in [0.05, 0.1) is 11.1 Å². The molecule has 1 amide bonds. The summed E-state index contributed by atoms with van der Waals surface area (Å²) in [5, 5.41) is 19.2. The first kappa shape index (κ1) is 15.7. The molecule has 0 bridgehead atoms. The maximum absolute atomic E-state index is 12.4. The fraction of sp³-hybridized carbons (Fsp3) is 0.462. The predicted molar refractivity (Wildman–Crippen MR) is 78.3 cm³/mol. The first-order valence-corrected chi connectivity index (χ1v) is 6.94. The summed E-state index contributed by atoms with van der Waals surface area (Å²) < 4.78 is 3.14. The minimum Gasteiger partial charge on any atom is -0.336 e. The lowest BCUT2D eigenvalue weighted by Gasteiger charge is -2.14. The first-order chi connectivity index (χ1) is 10.5. The molecule has 0 spiro atoms. The van der Waals surface area contributed by atoms with E-state index in [9.17, 15) is 14.9 Å². The highest BCUT2D eigenvalue weighted by Gasteiger charge is 2.27. The van der Waals surface area contributed by atoms with Crippen LogP contribution >= 0.6 is 0 Å². The van der Waals surface area contributed by atoms with Crippen LogP contribution in [0.25, 0.3) is 0 Å². The van der Waals surface area contributed by atoms with Gasteiger partial charge in [0.1, 0.15) is 6.20 Å². The van der Waals surface area contributed by atoms with E-state index < -0.39 is 10.8 Å². The van der Waals surface area contributed by atoms with Gasteiger partial charge in [-0.05, 0) is 13.8 Å². The second-order valence-electron chi connectivity index (χ2n) is 4.84. The third kappa shape index (κ3) is 3.13. The molecule has 0 aromatic carbocycles. The standard InChI is InChI=1S/C13H18N6O3/c1-4-17-8-10(6-14-17)7-16(3)13(20)12-11(19(21)22)9-18(5-2)15-12/h6,8-9H,4-5,7H2,1-3H3. The van der Waals surface area contributed by atoms with Crippen molar-refractivity contribution in [3.8, 4) is 0 Å². The summed E-state index contributed by atoms with van der Waals surface area (Å²) in [4.78, 5) is 24.3. The number of hydrogen-bond acceptors (Lipinski definition) is 5. The van der Waals surface area contributed by atoms with Crippen LogP contribution in [0.1, 0.15) is 29.9 Å². The van der Waals surface area contributed by atoms with Crippen LogP contribution in [0, 0.1) is 10.1 Å². The summed E-state index contributed by atoms with van der Waals surface area (Å²) in [6.45, 7) is 5.28. The molecule has 0 saturated heterocycles. The maximum atomic E-state index is 12.4. The SMILES string of the molecule is CCn1cc(CN(C)C(=O)c2nn(CC)cc2[N+](=O)[O-])cn1. The van der Waals surface area contributed by atoms with Crippen LogP contribution < -0.4 is 0 Å². The van der Waals surface area contributed by atoms with Gasteiger partial charge < -0.3 is 4.90 Å². The number of carbonyl (C=O) groups is 1. The Bertz CT molecular complexity index is 690. The number of amides is 1. The summed E-state index contributed by atoms with van der Waals surface area (Å²) in [7, 11) is 1.58. The fourth-order valence-corrected chi connectivity index (χ4v) is 2.05. The van der Waals surface area contributed by atoms with Crippen molar-refractivity contribution in [3.05, 3.63) is 40.0 Å². The Balaban J connectivity index is 2.19. The van der Waals surface area contributed by atoms with Crippen LogP contribution in [-0.4, -0.2) is 42.3 Å². The molecule has 0 unspecified atom stereocenters. The third-order valence-electron chi connectivity index (χ3n) is 3.24. The van der Waals surface area contributed by atoms with Gasteiger partial charge in [-0.15, -0.1) is 0 Å². The average molecular weight is 306 g/mol. The molecule has 9 nitrogen and oxygen atoms in total. The van der Waals surface area contributed by atoms with Gasteiger partial charge in [0.2, 0.25) is 5.69 Å². The minimum atomic E-state index is -0.588. The zero-order chi connectivity index (χ0) is 16.3. The summed E-state index contributed by atoms with van der Waals surface area (Å²) in [5.41, 5.74) is 0.440. The number of rotatable bonds is 6. The molecule has 0 aliphatic rings. The largest absolute Gasteiger partial charge is 0.336 e. The Kier molecular flexibility index (Phi) is 4.54. The molecule has 0 radical (unpaired) electrons. The Morgan fingerprint density at radius 3 is 2.55 bits per heavy atom. The van der Waals surface area contributed by atoms with Gasteiger partial charge in [-0.3, -0.25) is 24.3 Å². The van der Waals surface area contributed by atoms with Crippen molar-refractivity contribution in [2.75, 3.05) is 7.05 Å². The van der Waals surface area contributed by atoms with E-state index in [1.807, 2.05) is 13.1 Å². The van der Waals surface area contributed by atoms with Crippen molar-refractivity contribution >= 4 is 11.6 Å². The zero-order valence-corrected chi connectivity index (χ0v) is 12.8. The molecule has 0 N–H and O–H groups in total. The summed E-state index contributed by atoms with van der Waals surface area (Å²) in [6, 6.07) is 0. The Morgan fingerprint density at radius 2 is 2.00 bits per heavy atom. The Morgan fingerprint density at radius 1 is 1.32 bits per heavy atom. The number of nitro groups is 1. The number of carbonyl (C=O) groups excluding carboxylic acids is 1. The monoisotopic (exact) mass is 306 g/mol. The average Bonchev–Trinajstić information content (AvgIpc) is 3.12. The van der Waals surface area contributed by atoms with Gasteiger partial charge >= 0.3 is 5.69 Å².